The van der Waals surface area contributed by atoms with Gasteiger partial charge in [0.05, 0.1) is 19.6 Å². The fourth-order valence-corrected chi connectivity index (χ4v) is 2.25. The molecular weight excluding hydrogens is 244 g/mol. The molecule has 2 unspecified atom stereocenters. The van der Waals surface area contributed by atoms with Crippen LogP contribution in [0.25, 0.3) is 0 Å². The highest BCUT2D eigenvalue weighted by Crippen LogP contribution is 2.30. The van der Waals surface area contributed by atoms with E-state index in [0.717, 1.165) is 22.3 Å². The van der Waals surface area contributed by atoms with Crippen LogP contribution in [-0.4, -0.2) is 29.4 Å². The molecule has 0 saturated carbocycles. The van der Waals surface area contributed by atoms with Crippen molar-refractivity contribution in [1.29, 1.82) is 0 Å². The Labute approximate surface area is 114 Å². The third kappa shape index (κ3) is 3.33. The largest absolute Gasteiger partial charge is 0.469 e. The van der Waals surface area contributed by atoms with Crippen LogP contribution in [0.3, 0.4) is 0 Å². The standard InChI is InChI=1S/C15H22O4/c1-8-6-9(2)11(4)14(10(8)3)15(18)12(16)7-13(17)19-5/h6,12,15-16,18H,7H2,1-5H3. The minimum Gasteiger partial charge on any atom is -0.469 e. The van der Waals surface area contributed by atoms with E-state index in [1.165, 1.54) is 7.11 Å². The minimum absolute atomic E-state index is 0.219. The molecule has 0 fully saturated rings. The number of hydrogen-bond acceptors (Lipinski definition) is 4. The first-order valence-corrected chi connectivity index (χ1v) is 6.29. The van der Waals surface area contributed by atoms with Crippen LogP contribution >= 0.6 is 0 Å². The van der Waals surface area contributed by atoms with Crippen molar-refractivity contribution in [3.8, 4) is 0 Å². The number of methoxy groups -OCH3 is 1. The molecule has 2 N–H and O–H groups in total. The number of carbonyl (C=O) groups excluding carboxylic acids is 1. The van der Waals surface area contributed by atoms with Crippen molar-refractivity contribution < 1.29 is 19.7 Å². The van der Waals surface area contributed by atoms with Crippen molar-refractivity contribution in [2.45, 2.75) is 46.3 Å². The lowest BCUT2D eigenvalue weighted by atomic mass is 9.88. The van der Waals surface area contributed by atoms with Crippen LogP contribution in [-0.2, 0) is 9.53 Å². The molecule has 0 radical (unpaired) electrons. The molecule has 0 amide bonds. The van der Waals surface area contributed by atoms with Gasteiger partial charge in [-0.25, -0.2) is 0 Å². The van der Waals surface area contributed by atoms with Gasteiger partial charge in [0.2, 0.25) is 0 Å². The van der Waals surface area contributed by atoms with E-state index < -0.39 is 18.2 Å². The summed E-state index contributed by atoms with van der Waals surface area (Å²) in [6.45, 7) is 7.74. The molecule has 0 aliphatic rings. The summed E-state index contributed by atoms with van der Waals surface area (Å²) in [5.74, 6) is -0.536. The smallest absolute Gasteiger partial charge is 0.308 e. The molecule has 0 bridgehead atoms. The predicted molar refractivity (Wildman–Crippen MR) is 73.0 cm³/mol. The van der Waals surface area contributed by atoms with Gasteiger partial charge < -0.3 is 14.9 Å². The summed E-state index contributed by atoms with van der Waals surface area (Å²) in [6.07, 6.45) is -2.47. The van der Waals surface area contributed by atoms with Crippen molar-refractivity contribution in [1.82, 2.24) is 0 Å². The SMILES string of the molecule is COC(=O)CC(O)C(O)c1c(C)c(C)cc(C)c1C. The Balaban J connectivity index is 3.12. The van der Waals surface area contributed by atoms with Crippen molar-refractivity contribution in [3.05, 3.63) is 33.9 Å². The van der Waals surface area contributed by atoms with Crippen LogP contribution in [0.2, 0.25) is 0 Å². The Morgan fingerprint density at radius 3 is 2.05 bits per heavy atom. The molecule has 106 valence electrons. The summed E-state index contributed by atoms with van der Waals surface area (Å²) in [5, 5.41) is 20.2. The molecule has 4 nitrogen and oxygen atoms in total. The van der Waals surface area contributed by atoms with Gasteiger partial charge in [0, 0.05) is 0 Å². The Kier molecular flexibility index (Phi) is 5.09. The number of aryl methyl sites for hydroxylation is 2. The number of hydrogen-bond donors (Lipinski definition) is 2. The molecule has 0 aliphatic heterocycles. The van der Waals surface area contributed by atoms with Crippen LogP contribution in [0.5, 0.6) is 0 Å². The van der Waals surface area contributed by atoms with Gasteiger partial charge in [0.1, 0.15) is 6.10 Å². The number of rotatable bonds is 4. The van der Waals surface area contributed by atoms with Crippen LogP contribution in [0, 0.1) is 27.7 Å². The Morgan fingerprint density at radius 1 is 1.16 bits per heavy atom. The number of benzene rings is 1. The quantitative estimate of drug-likeness (QED) is 0.817. The average molecular weight is 266 g/mol. The van der Waals surface area contributed by atoms with Crippen LogP contribution < -0.4 is 0 Å². The molecule has 4 heteroatoms. The molecular formula is C15H22O4. The van der Waals surface area contributed by atoms with Gasteiger partial charge in [0.15, 0.2) is 0 Å². The van der Waals surface area contributed by atoms with Gasteiger partial charge in [-0.05, 0) is 55.5 Å². The lowest BCUT2D eigenvalue weighted by Crippen LogP contribution is -2.24. The predicted octanol–water partition coefficient (Wildman–Crippen LogP) is 1.88. The number of esters is 1. The van der Waals surface area contributed by atoms with E-state index >= 15 is 0 Å². The van der Waals surface area contributed by atoms with Gasteiger partial charge in [-0.3, -0.25) is 4.79 Å². The van der Waals surface area contributed by atoms with Gasteiger partial charge in [0.25, 0.3) is 0 Å². The molecule has 19 heavy (non-hydrogen) atoms. The van der Waals surface area contributed by atoms with Crippen molar-refractivity contribution in [2.24, 2.45) is 0 Å². The van der Waals surface area contributed by atoms with Crippen molar-refractivity contribution >= 4 is 5.97 Å². The van der Waals surface area contributed by atoms with Gasteiger partial charge in [-0.2, -0.15) is 0 Å². The maximum Gasteiger partial charge on any atom is 0.308 e. The number of aliphatic hydroxyl groups is 2. The summed E-state index contributed by atoms with van der Waals surface area (Å²) in [4.78, 5) is 11.2. The van der Waals surface area contributed by atoms with Crippen molar-refractivity contribution in [2.75, 3.05) is 7.11 Å². The third-order valence-electron chi connectivity index (χ3n) is 3.69. The first-order valence-electron chi connectivity index (χ1n) is 6.29. The number of carbonyl (C=O) groups is 1. The molecule has 1 aromatic carbocycles. The summed E-state index contributed by atoms with van der Waals surface area (Å²) in [5.41, 5.74) is 4.71. The van der Waals surface area contributed by atoms with E-state index in [4.69, 9.17) is 0 Å². The third-order valence-corrected chi connectivity index (χ3v) is 3.69. The maximum absolute atomic E-state index is 11.2. The lowest BCUT2D eigenvalue weighted by Gasteiger charge is -2.23. The summed E-state index contributed by atoms with van der Waals surface area (Å²) < 4.78 is 4.50. The van der Waals surface area contributed by atoms with E-state index in [0.29, 0.717) is 5.56 Å². The summed E-state index contributed by atoms with van der Waals surface area (Å²) >= 11 is 0. The Hall–Kier alpha value is -1.39. The fraction of sp³-hybridized carbons (Fsp3) is 0.533. The van der Waals surface area contributed by atoms with Crippen LogP contribution in [0.1, 0.15) is 40.3 Å². The molecule has 0 heterocycles. The molecule has 0 spiro atoms. The molecule has 0 aliphatic carbocycles. The first kappa shape index (κ1) is 15.7. The van der Waals surface area contributed by atoms with E-state index in [9.17, 15) is 15.0 Å². The van der Waals surface area contributed by atoms with Crippen molar-refractivity contribution in [3.63, 3.8) is 0 Å². The first-order chi connectivity index (χ1) is 8.79. The highest BCUT2D eigenvalue weighted by atomic mass is 16.5. The second-order valence-corrected chi connectivity index (χ2v) is 4.97. The maximum atomic E-state index is 11.2. The van der Waals surface area contributed by atoms with Crippen LogP contribution in [0.4, 0.5) is 0 Å². The second-order valence-electron chi connectivity index (χ2n) is 4.97. The van der Waals surface area contributed by atoms with E-state index in [-0.39, 0.29) is 6.42 Å². The molecule has 0 saturated heterocycles. The molecule has 1 rings (SSSR count). The second kappa shape index (κ2) is 6.17. The fourth-order valence-electron chi connectivity index (χ4n) is 2.25. The normalized spacial score (nSPS) is 14.1. The Bertz CT molecular complexity index is 453. The van der Waals surface area contributed by atoms with E-state index in [2.05, 4.69) is 4.74 Å². The van der Waals surface area contributed by atoms with E-state index in [1.54, 1.807) is 0 Å². The van der Waals surface area contributed by atoms with Gasteiger partial charge >= 0.3 is 5.97 Å². The zero-order valence-corrected chi connectivity index (χ0v) is 12.2. The average Bonchev–Trinajstić information content (AvgIpc) is 2.36. The van der Waals surface area contributed by atoms with Gasteiger partial charge in [-0.15, -0.1) is 0 Å². The lowest BCUT2D eigenvalue weighted by molar-refractivity contribution is -0.144. The minimum atomic E-state index is -1.16. The van der Waals surface area contributed by atoms with Crippen LogP contribution in [0.15, 0.2) is 6.07 Å². The zero-order valence-electron chi connectivity index (χ0n) is 12.2. The highest BCUT2D eigenvalue weighted by molar-refractivity contribution is 5.69. The molecule has 0 aromatic heterocycles. The van der Waals surface area contributed by atoms with E-state index in [1.807, 2.05) is 33.8 Å². The monoisotopic (exact) mass is 266 g/mol. The molecule has 1 aromatic rings. The van der Waals surface area contributed by atoms with Gasteiger partial charge in [-0.1, -0.05) is 6.07 Å². The highest BCUT2D eigenvalue weighted by Gasteiger charge is 2.25. The summed E-state index contributed by atoms with van der Waals surface area (Å²) in [7, 11) is 1.26. The number of ether oxygens (including phenoxy) is 1. The molecule has 2 atom stereocenters. The zero-order chi connectivity index (χ0) is 14.7. The summed E-state index contributed by atoms with van der Waals surface area (Å²) in [6, 6.07) is 2.05. The topological polar surface area (TPSA) is 66.8 Å². The Morgan fingerprint density at radius 2 is 1.63 bits per heavy atom. The number of aliphatic hydroxyl groups excluding tert-OH is 2.